The Hall–Kier alpha value is 0.420. The average Bonchev–Trinajstić information content (AvgIpc) is 3.02. The van der Waals surface area contributed by atoms with Crippen LogP contribution in [0.4, 0.5) is 11.4 Å². The van der Waals surface area contributed by atoms with Crippen LogP contribution in [0, 0.1) is 21.4 Å². The highest BCUT2D eigenvalue weighted by molar-refractivity contribution is 14.1. The maximum Gasteiger partial charge on any atom is 0.253 e. The first-order valence-corrected chi connectivity index (χ1v) is 19.1. The van der Waals surface area contributed by atoms with Gasteiger partial charge in [0.05, 0.1) is 55.1 Å². The van der Waals surface area contributed by atoms with E-state index in [0.717, 1.165) is 0 Å². The van der Waals surface area contributed by atoms with Crippen LogP contribution >= 0.6 is 136 Å². The summed E-state index contributed by atoms with van der Waals surface area (Å²) in [6, 6.07) is 0. The SMILES string of the molecule is O=C(CO)Nc1c(I)c(C(=O)NCC(O)CO)c(I)c(C(O)c2c(I)c(NC(=O)CO)c(I)c(C(=O)NCC(O)CO)c2I)c1I. The van der Waals surface area contributed by atoms with E-state index in [1.165, 1.54) is 0 Å². The molecule has 2 unspecified atom stereocenters. The number of amides is 4. The van der Waals surface area contributed by atoms with Gasteiger partial charge in [0.2, 0.25) is 11.8 Å². The van der Waals surface area contributed by atoms with Crippen molar-refractivity contribution in [1.82, 2.24) is 10.6 Å². The Morgan fingerprint density at radius 1 is 0.543 bits per heavy atom. The van der Waals surface area contributed by atoms with E-state index in [9.17, 15) is 54.9 Å². The second kappa shape index (κ2) is 19.7. The Balaban J connectivity index is 2.97. The van der Waals surface area contributed by atoms with Crippen molar-refractivity contribution in [2.45, 2.75) is 18.3 Å². The smallest absolute Gasteiger partial charge is 0.253 e. The maximum absolute atomic E-state index is 13.4. The molecule has 0 heterocycles. The molecule has 21 heteroatoms. The first-order chi connectivity index (χ1) is 21.6. The van der Waals surface area contributed by atoms with E-state index < -0.39 is 68.4 Å². The average molecular weight is 1320 g/mol. The molecule has 0 bridgehead atoms. The van der Waals surface area contributed by atoms with Gasteiger partial charge >= 0.3 is 0 Å². The van der Waals surface area contributed by atoms with Gasteiger partial charge in [-0.1, -0.05) is 0 Å². The van der Waals surface area contributed by atoms with Crippen molar-refractivity contribution in [3.63, 3.8) is 0 Å². The van der Waals surface area contributed by atoms with E-state index in [2.05, 4.69) is 21.3 Å². The zero-order valence-electron chi connectivity index (χ0n) is 23.0. The summed E-state index contributed by atoms with van der Waals surface area (Å²) in [5.74, 6) is -3.04. The number of benzene rings is 2. The van der Waals surface area contributed by atoms with Crippen molar-refractivity contribution in [3.05, 3.63) is 43.7 Å². The van der Waals surface area contributed by atoms with Crippen molar-refractivity contribution in [1.29, 1.82) is 0 Å². The number of anilines is 2. The number of carbonyl (C=O) groups excluding carboxylic acids is 4. The van der Waals surface area contributed by atoms with Gasteiger partial charge in [-0.05, 0) is 136 Å². The van der Waals surface area contributed by atoms with Crippen LogP contribution in [0.5, 0.6) is 0 Å². The second-order valence-electron chi connectivity index (χ2n) is 9.12. The van der Waals surface area contributed by atoms with Gasteiger partial charge in [-0.25, -0.2) is 0 Å². The number of aliphatic hydroxyl groups is 7. The fourth-order valence-corrected chi connectivity index (χ4v) is 12.7. The Morgan fingerprint density at radius 3 is 1.15 bits per heavy atom. The second-order valence-corrected chi connectivity index (χ2v) is 15.6. The number of rotatable bonds is 14. The maximum atomic E-state index is 13.4. The predicted molar refractivity (Wildman–Crippen MR) is 216 cm³/mol. The van der Waals surface area contributed by atoms with Crippen molar-refractivity contribution in [2.24, 2.45) is 0 Å². The van der Waals surface area contributed by atoms with Crippen molar-refractivity contribution >= 4 is 171 Å². The summed E-state index contributed by atoms with van der Waals surface area (Å²) in [6.07, 6.45) is -4.13. The van der Waals surface area contributed by atoms with Crippen LogP contribution in [0.15, 0.2) is 0 Å². The van der Waals surface area contributed by atoms with Crippen LogP contribution in [0.1, 0.15) is 37.9 Å². The molecule has 0 aliphatic carbocycles. The van der Waals surface area contributed by atoms with E-state index in [1.807, 2.05) is 136 Å². The molecule has 0 spiro atoms. The third kappa shape index (κ3) is 10.2. The molecule has 0 aliphatic heterocycles. The fraction of sp³-hybridized carbons (Fsp3) is 0.360. The van der Waals surface area contributed by atoms with Crippen molar-refractivity contribution in [3.8, 4) is 0 Å². The van der Waals surface area contributed by atoms with E-state index in [0.29, 0.717) is 0 Å². The summed E-state index contributed by atoms with van der Waals surface area (Å²) in [5, 5.41) is 78.9. The molecule has 2 aromatic carbocycles. The lowest BCUT2D eigenvalue weighted by molar-refractivity contribution is -0.119. The first kappa shape index (κ1) is 42.6. The molecule has 46 heavy (non-hydrogen) atoms. The minimum Gasteiger partial charge on any atom is -0.394 e. The van der Waals surface area contributed by atoms with Crippen LogP contribution < -0.4 is 21.3 Å². The van der Waals surface area contributed by atoms with Gasteiger partial charge in [0.25, 0.3) is 11.8 Å². The fourth-order valence-electron chi connectivity index (χ4n) is 3.69. The van der Waals surface area contributed by atoms with Crippen molar-refractivity contribution in [2.75, 3.05) is 50.2 Å². The molecule has 0 aromatic heterocycles. The Morgan fingerprint density at radius 2 is 0.870 bits per heavy atom. The summed E-state index contributed by atoms with van der Waals surface area (Å²) in [6.45, 7) is -3.62. The lowest BCUT2D eigenvalue weighted by Crippen LogP contribution is -2.35. The summed E-state index contributed by atoms with van der Waals surface area (Å²) in [7, 11) is 0. The van der Waals surface area contributed by atoms with E-state index in [1.54, 1.807) is 0 Å². The van der Waals surface area contributed by atoms with Gasteiger partial charge in [-0.2, -0.15) is 0 Å². The number of aliphatic hydroxyl groups excluding tert-OH is 7. The molecule has 0 fully saturated rings. The zero-order valence-corrected chi connectivity index (χ0v) is 36.0. The Labute approximate surface area is 343 Å². The molecule has 0 saturated heterocycles. The third-order valence-electron chi connectivity index (χ3n) is 5.94. The van der Waals surface area contributed by atoms with E-state index in [4.69, 9.17) is 0 Å². The number of nitrogens with one attached hydrogen (secondary N) is 4. The Kier molecular flexibility index (Phi) is 18.3. The quantitative estimate of drug-likeness (QED) is 0.116. The lowest BCUT2D eigenvalue weighted by atomic mass is 9.96. The largest absolute Gasteiger partial charge is 0.394 e. The van der Waals surface area contributed by atoms with Gasteiger partial charge in [-0.3, -0.25) is 19.2 Å². The number of hydrogen-bond acceptors (Lipinski definition) is 11. The highest BCUT2D eigenvalue weighted by atomic mass is 127. The molecule has 2 aromatic rings. The Bertz CT molecular complexity index is 1400. The molecular formula is C25H26I6N4O11. The first-order valence-electron chi connectivity index (χ1n) is 12.6. The molecule has 2 rings (SSSR count). The van der Waals surface area contributed by atoms with Crippen LogP contribution in [0.2, 0.25) is 0 Å². The van der Waals surface area contributed by atoms with Gasteiger partial charge in [0.15, 0.2) is 0 Å². The van der Waals surface area contributed by atoms with Gasteiger partial charge < -0.3 is 57.0 Å². The monoisotopic (exact) mass is 1320 g/mol. The summed E-state index contributed by atoms with van der Waals surface area (Å²) < 4.78 is 1.47. The predicted octanol–water partition coefficient (Wildman–Crippen LogP) is 0.424. The summed E-state index contributed by atoms with van der Waals surface area (Å²) >= 11 is 11.1. The molecule has 254 valence electrons. The highest BCUT2D eigenvalue weighted by Gasteiger charge is 2.34. The van der Waals surface area contributed by atoms with Gasteiger partial charge in [0.1, 0.15) is 19.3 Å². The van der Waals surface area contributed by atoms with Crippen LogP contribution in [0.25, 0.3) is 0 Å². The molecule has 0 aliphatic rings. The molecule has 4 amide bonds. The van der Waals surface area contributed by atoms with Crippen molar-refractivity contribution < 1.29 is 54.9 Å². The topological polar surface area (TPSA) is 258 Å². The van der Waals surface area contributed by atoms with Gasteiger partial charge in [-0.15, -0.1) is 0 Å². The van der Waals surface area contributed by atoms with Gasteiger partial charge in [0, 0.05) is 38.5 Å². The number of hydrogen-bond donors (Lipinski definition) is 11. The number of carbonyl (C=O) groups is 4. The lowest BCUT2D eigenvalue weighted by Gasteiger charge is -2.26. The summed E-state index contributed by atoms with van der Waals surface area (Å²) in [5.41, 5.74) is 0.386. The van der Waals surface area contributed by atoms with Crippen LogP contribution in [-0.2, 0) is 9.59 Å². The van der Waals surface area contributed by atoms with Crippen LogP contribution in [-0.4, -0.2) is 111 Å². The zero-order chi connectivity index (χ0) is 35.0. The normalized spacial score (nSPS) is 13.1. The molecule has 11 N–H and O–H groups in total. The molecule has 2 atom stereocenters. The molecule has 15 nitrogen and oxygen atoms in total. The van der Waals surface area contributed by atoms with Crippen LogP contribution in [0.3, 0.4) is 0 Å². The highest BCUT2D eigenvalue weighted by Crippen LogP contribution is 2.45. The minimum absolute atomic E-state index is 0.00524. The molecular weight excluding hydrogens is 1290 g/mol. The summed E-state index contributed by atoms with van der Waals surface area (Å²) in [4.78, 5) is 51.4. The van der Waals surface area contributed by atoms with E-state index in [-0.39, 0.29) is 68.1 Å². The molecule has 0 radical (unpaired) electrons. The minimum atomic E-state index is -1.62. The molecule has 0 saturated carbocycles. The third-order valence-corrected chi connectivity index (χ3v) is 12.6. The standard InChI is InChI=1S/C25H26I6N4O11/c26-15-11(17(28)21(34-9(42)5-38)19(30)13(15)24(45)32-1-7(40)3-36)23(44)12-16(27)14(25(46)33-2-8(41)4-37)20(31)22(18(12)29)35-10(43)6-39/h7-8,23,36-41,44H,1-6H2,(H,32,45)(H,33,46)(H,34,42)(H,35,43). The van der Waals surface area contributed by atoms with E-state index >= 15 is 0 Å². The number of halogens is 6.